The minimum Gasteiger partial charge on any atom is -0.505 e. The number of azo groups is 1. The van der Waals surface area contributed by atoms with Crippen LogP contribution < -0.4 is 10.8 Å². The number of aryl methyl sites for hydroxylation is 2. The SMILES string of the molecule is C.C.CNc1cc(C)cc2cc(S(=O)(=O)O)c(N=Nc3cc(CONCS(=O)(=O)CCCl)ccc3C)c(O)c12. The van der Waals surface area contributed by atoms with Crippen molar-refractivity contribution in [3.05, 3.63) is 53.1 Å². The number of rotatable bonds is 11. The molecule has 0 spiro atoms. The van der Waals surface area contributed by atoms with Crippen LogP contribution in [0, 0.1) is 13.8 Å². The topological polar surface area (TPSA) is 167 Å². The molecule has 3 aromatic carbocycles. The maximum Gasteiger partial charge on any atom is 0.296 e. The van der Waals surface area contributed by atoms with Crippen LogP contribution in [0.3, 0.4) is 0 Å². The molecule has 0 saturated carbocycles. The van der Waals surface area contributed by atoms with Crippen LogP contribution >= 0.6 is 11.6 Å². The lowest BCUT2D eigenvalue weighted by Gasteiger charge is -2.13. The third-order valence-corrected chi connectivity index (χ3v) is 8.04. The molecule has 14 heteroatoms. The molecule has 0 amide bonds. The Balaban J connectivity index is 0.00000380. The molecule has 0 bridgehead atoms. The van der Waals surface area contributed by atoms with Crippen molar-refractivity contribution < 1.29 is 31.3 Å². The number of sulfone groups is 1. The van der Waals surface area contributed by atoms with E-state index in [1.165, 1.54) is 6.07 Å². The molecule has 0 atom stereocenters. The minimum atomic E-state index is -4.75. The van der Waals surface area contributed by atoms with Crippen molar-refractivity contribution in [2.45, 2.75) is 40.2 Å². The van der Waals surface area contributed by atoms with Crippen LogP contribution in [0.2, 0.25) is 0 Å². The third-order valence-electron chi connectivity index (χ3n) is 5.38. The van der Waals surface area contributed by atoms with Crippen LogP contribution in [0.5, 0.6) is 5.75 Å². The largest absolute Gasteiger partial charge is 0.505 e. The van der Waals surface area contributed by atoms with E-state index in [2.05, 4.69) is 21.0 Å². The maximum absolute atomic E-state index is 12.1. The Kier molecular flexibility index (Phi) is 12.3. The zero-order valence-electron chi connectivity index (χ0n) is 20.3. The van der Waals surface area contributed by atoms with E-state index in [0.717, 1.165) is 5.56 Å². The molecule has 11 nitrogen and oxygen atoms in total. The fourth-order valence-corrected chi connectivity index (χ4v) is 5.54. The van der Waals surface area contributed by atoms with Gasteiger partial charge in [-0.3, -0.25) is 9.39 Å². The van der Waals surface area contributed by atoms with Crippen molar-refractivity contribution in [2.75, 3.05) is 29.9 Å². The highest BCUT2D eigenvalue weighted by atomic mass is 35.5. The van der Waals surface area contributed by atoms with Crippen LogP contribution in [0.25, 0.3) is 10.8 Å². The number of phenolic OH excluding ortho intramolecular Hbond substituents is 1. The van der Waals surface area contributed by atoms with Gasteiger partial charge in [-0.15, -0.1) is 16.7 Å². The second-order valence-corrected chi connectivity index (χ2v) is 12.2. The minimum absolute atomic E-state index is 0. The molecule has 39 heavy (non-hydrogen) atoms. The summed E-state index contributed by atoms with van der Waals surface area (Å²) in [6.45, 7) is 3.56. The third kappa shape index (κ3) is 8.59. The maximum atomic E-state index is 12.1. The highest BCUT2D eigenvalue weighted by Gasteiger charge is 2.23. The van der Waals surface area contributed by atoms with Crippen molar-refractivity contribution in [2.24, 2.45) is 10.2 Å². The molecule has 0 aliphatic heterocycles. The first kappa shape index (κ1) is 34.2. The monoisotopic (exact) mass is 602 g/mol. The van der Waals surface area contributed by atoms with Crippen LogP contribution in [-0.4, -0.2) is 51.1 Å². The summed E-state index contributed by atoms with van der Waals surface area (Å²) in [5.41, 5.74) is 4.97. The molecule has 0 unspecified atom stereocenters. The molecule has 0 radical (unpaired) electrons. The summed E-state index contributed by atoms with van der Waals surface area (Å²) < 4.78 is 57.5. The lowest BCUT2D eigenvalue weighted by atomic mass is 10.0. The Morgan fingerprint density at radius 2 is 1.72 bits per heavy atom. The first-order valence-corrected chi connectivity index (χ1v) is 14.7. The summed E-state index contributed by atoms with van der Waals surface area (Å²) in [6, 6.07) is 9.76. The molecule has 0 aromatic heterocycles. The van der Waals surface area contributed by atoms with Crippen LogP contribution in [0.4, 0.5) is 17.1 Å². The normalized spacial score (nSPS) is 11.8. The number of nitrogens with zero attached hydrogens (tertiary/aromatic N) is 2. The fourth-order valence-electron chi connectivity index (χ4n) is 3.54. The van der Waals surface area contributed by atoms with Gasteiger partial charge in [-0.05, 0) is 54.1 Å². The number of aromatic hydroxyl groups is 1. The van der Waals surface area contributed by atoms with Gasteiger partial charge in [0.05, 0.1) is 18.0 Å². The van der Waals surface area contributed by atoms with Crippen molar-refractivity contribution in [1.82, 2.24) is 5.48 Å². The van der Waals surface area contributed by atoms with Gasteiger partial charge in [0.25, 0.3) is 10.1 Å². The average molecular weight is 603 g/mol. The highest BCUT2D eigenvalue weighted by Crippen LogP contribution is 2.44. The summed E-state index contributed by atoms with van der Waals surface area (Å²) in [5, 5.41) is 22.8. The van der Waals surface area contributed by atoms with Gasteiger partial charge in [-0.2, -0.15) is 19.0 Å². The first-order chi connectivity index (χ1) is 17.4. The van der Waals surface area contributed by atoms with E-state index in [0.29, 0.717) is 33.3 Å². The molecule has 0 aliphatic carbocycles. The lowest BCUT2D eigenvalue weighted by Crippen LogP contribution is -2.25. The number of phenols is 1. The van der Waals surface area contributed by atoms with E-state index in [1.807, 2.05) is 6.92 Å². The van der Waals surface area contributed by atoms with Crippen LogP contribution in [0.1, 0.15) is 31.5 Å². The summed E-state index contributed by atoms with van der Waals surface area (Å²) in [7, 11) is -6.48. The summed E-state index contributed by atoms with van der Waals surface area (Å²) in [4.78, 5) is 4.63. The molecule has 0 aliphatic rings. The number of fused-ring (bicyclic) bond motifs is 1. The number of halogens is 1. The van der Waals surface area contributed by atoms with Crippen LogP contribution in [0.15, 0.2) is 51.5 Å². The molecule has 216 valence electrons. The average Bonchev–Trinajstić information content (AvgIpc) is 2.81. The van der Waals surface area contributed by atoms with E-state index in [4.69, 9.17) is 16.4 Å². The van der Waals surface area contributed by atoms with Gasteiger partial charge in [0.15, 0.2) is 15.6 Å². The summed E-state index contributed by atoms with van der Waals surface area (Å²) in [6.07, 6.45) is 0. The number of hydroxylamine groups is 1. The van der Waals surface area contributed by atoms with Crippen molar-refractivity contribution in [3.63, 3.8) is 0 Å². The van der Waals surface area contributed by atoms with Gasteiger partial charge in [-0.1, -0.05) is 33.1 Å². The second-order valence-electron chi connectivity index (χ2n) is 8.24. The number of alkyl halides is 1. The Morgan fingerprint density at radius 1 is 1.03 bits per heavy atom. The Morgan fingerprint density at radius 3 is 2.33 bits per heavy atom. The quantitative estimate of drug-likeness (QED) is 0.0700. The van der Waals surface area contributed by atoms with Crippen LogP contribution in [-0.2, 0) is 31.4 Å². The standard InChI is InChI=1S/C23H27ClN4O7S2.2CH4/c1-14-8-17-11-20(37(32,33)34)22(23(29)21(17)19(9-14)25-3)28-27-18-10-16(5-4-15(18)2)12-35-26-13-36(30,31)7-6-24;;/h4-5,8-11,25-26,29H,6-7,12-13H2,1-3H3,(H,32,33,34);2*1H4. The molecule has 0 heterocycles. The number of hydrogen-bond acceptors (Lipinski definition) is 10. The Bertz CT molecular complexity index is 1560. The van der Waals surface area contributed by atoms with Gasteiger partial charge in [0.1, 0.15) is 16.5 Å². The number of anilines is 1. The van der Waals surface area contributed by atoms with E-state index < -0.39 is 42.2 Å². The molecule has 3 rings (SSSR count). The summed E-state index contributed by atoms with van der Waals surface area (Å²) in [5.74, 6) is -1.05. The zero-order chi connectivity index (χ0) is 27.4. The van der Waals surface area contributed by atoms with E-state index in [9.17, 15) is 26.5 Å². The molecule has 0 saturated heterocycles. The summed E-state index contributed by atoms with van der Waals surface area (Å²) >= 11 is 5.46. The van der Waals surface area contributed by atoms with Crippen molar-refractivity contribution in [1.29, 1.82) is 0 Å². The first-order valence-electron chi connectivity index (χ1n) is 10.9. The van der Waals surface area contributed by atoms with Gasteiger partial charge < -0.3 is 10.4 Å². The molecular weight excluding hydrogens is 568 g/mol. The molecule has 3 aromatic rings. The predicted octanol–water partition coefficient (Wildman–Crippen LogP) is 5.77. The fraction of sp³-hybridized carbons (Fsp3) is 0.360. The smallest absolute Gasteiger partial charge is 0.296 e. The Labute approximate surface area is 234 Å². The highest BCUT2D eigenvalue weighted by molar-refractivity contribution is 7.91. The lowest BCUT2D eigenvalue weighted by molar-refractivity contribution is 0.0392. The molecular formula is C25H35ClN4O7S2. The number of benzene rings is 3. The molecule has 0 fully saturated rings. The number of hydrogen-bond donors (Lipinski definition) is 4. The van der Waals surface area contributed by atoms with Crippen molar-refractivity contribution >= 4 is 59.4 Å². The van der Waals surface area contributed by atoms with Gasteiger partial charge in [0.2, 0.25) is 0 Å². The van der Waals surface area contributed by atoms with Gasteiger partial charge in [0, 0.05) is 24.0 Å². The van der Waals surface area contributed by atoms with Gasteiger partial charge in [-0.25, -0.2) is 8.42 Å². The predicted molar refractivity (Wildman–Crippen MR) is 156 cm³/mol. The van der Waals surface area contributed by atoms with Crippen molar-refractivity contribution in [3.8, 4) is 5.75 Å². The zero-order valence-corrected chi connectivity index (χ0v) is 22.7. The second kappa shape index (κ2) is 14.0. The van der Waals surface area contributed by atoms with E-state index in [1.54, 1.807) is 44.3 Å². The Hall–Kier alpha value is -2.81. The number of nitrogens with one attached hydrogen (secondary N) is 2. The van der Waals surface area contributed by atoms with E-state index in [-0.39, 0.29) is 33.1 Å². The van der Waals surface area contributed by atoms with Gasteiger partial charge >= 0.3 is 0 Å². The molecule has 4 N–H and O–H groups in total. The van der Waals surface area contributed by atoms with E-state index >= 15 is 0 Å².